The first-order valence-corrected chi connectivity index (χ1v) is 13.0. The summed E-state index contributed by atoms with van der Waals surface area (Å²) in [7, 11) is 4.63. The molecule has 1 aliphatic carbocycles. The van der Waals surface area contributed by atoms with E-state index in [0.29, 0.717) is 47.4 Å². The highest BCUT2D eigenvalue weighted by atomic mass is 16.7. The van der Waals surface area contributed by atoms with Crippen LogP contribution < -0.4 is 23.7 Å². The van der Waals surface area contributed by atoms with Gasteiger partial charge in [-0.15, -0.1) is 0 Å². The Hall–Kier alpha value is -3.21. The van der Waals surface area contributed by atoms with Crippen molar-refractivity contribution in [2.24, 2.45) is 11.8 Å². The first-order valence-electron chi connectivity index (χ1n) is 13.0. The minimum atomic E-state index is -1.06. The monoisotopic (exact) mass is 528 g/mol. The third-order valence-electron chi connectivity index (χ3n) is 8.13. The molecule has 38 heavy (non-hydrogen) atoms. The van der Waals surface area contributed by atoms with Crippen molar-refractivity contribution in [2.45, 2.75) is 18.9 Å². The number of amides is 1. The number of hydrogen-bond donors (Lipinski definition) is 2. The van der Waals surface area contributed by atoms with Crippen molar-refractivity contribution in [3.63, 3.8) is 0 Å². The minimum absolute atomic E-state index is 0.0800. The van der Waals surface area contributed by atoms with Gasteiger partial charge in [-0.2, -0.15) is 0 Å². The van der Waals surface area contributed by atoms with Crippen molar-refractivity contribution in [3.8, 4) is 28.7 Å². The number of benzene rings is 2. The lowest BCUT2D eigenvalue weighted by atomic mass is 9.64. The van der Waals surface area contributed by atoms with Crippen LogP contribution in [-0.4, -0.2) is 93.4 Å². The number of methoxy groups -OCH3 is 3. The van der Waals surface area contributed by atoms with Crippen molar-refractivity contribution in [1.29, 1.82) is 0 Å². The van der Waals surface area contributed by atoms with Crippen molar-refractivity contribution < 1.29 is 38.7 Å². The molecular formula is C28H36N2O8. The average Bonchev–Trinajstić information content (AvgIpc) is 3.42. The smallest absolute Gasteiger partial charge is 0.231 e. The van der Waals surface area contributed by atoms with E-state index in [-0.39, 0.29) is 19.3 Å². The predicted molar refractivity (Wildman–Crippen MR) is 138 cm³/mol. The van der Waals surface area contributed by atoms with Crippen LogP contribution in [0.3, 0.4) is 0 Å². The molecule has 206 valence electrons. The molecule has 0 aromatic heterocycles. The molecule has 10 nitrogen and oxygen atoms in total. The quantitative estimate of drug-likeness (QED) is 0.558. The van der Waals surface area contributed by atoms with E-state index < -0.39 is 23.9 Å². The standard InChI is InChI=1S/C28H36N2O8/c1-5-29-6-8-30(9-7-29)28(33)25-19(14-31)26(32)18-13-21-20(37-15-38-21)12-17(18)24(25)16-10-22(34-2)27(36-4)23(11-16)35-3/h10-13,19,24-26,31-32H,5-9,14-15H2,1-4H3/t19-,24+,25-,26-/m0/s1. The number of carbonyl (C=O) groups is 1. The van der Waals surface area contributed by atoms with Crippen LogP contribution >= 0.6 is 0 Å². The van der Waals surface area contributed by atoms with Gasteiger partial charge in [0.15, 0.2) is 23.0 Å². The summed E-state index contributed by atoms with van der Waals surface area (Å²) in [5.41, 5.74) is 2.09. The summed E-state index contributed by atoms with van der Waals surface area (Å²) in [6.45, 7) is 5.51. The SMILES string of the molecule is CCN1CCN(C(=O)[C@@H]2[C@H](c3cc(OC)c(OC)c(OC)c3)c3cc4c(cc3[C@H](O)[C@H]2CO)OCO4)CC1. The second kappa shape index (κ2) is 10.9. The molecule has 4 atom stereocenters. The number of piperazine rings is 1. The van der Waals surface area contributed by atoms with Gasteiger partial charge in [0.2, 0.25) is 18.4 Å². The van der Waals surface area contributed by atoms with Crippen LogP contribution in [0, 0.1) is 11.8 Å². The van der Waals surface area contributed by atoms with Gasteiger partial charge in [0.05, 0.1) is 33.4 Å². The van der Waals surface area contributed by atoms with Gasteiger partial charge in [0, 0.05) is 44.6 Å². The van der Waals surface area contributed by atoms with E-state index in [1.54, 1.807) is 20.3 Å². The molecule has 2 aromatic carbocycles. The molecule has 10 heteroatoms. The van der Waals surface area contributed by atoms with Crippen molar-refractivity contribution >= 4 is 5.91 Å². The Morgan fingerprint density at radius 2 is 1.55 bits per heavy atom. The average molecular weight is 529 g/mol. The first kappa shape index (κ1) is 26.4. The number of aliphatic hydroxyl groups is 2. The fraction of sp³-hybridized carbons (Fsp3) is 0.536. The fourth-order valence-corrected chi connectivity index (χ4v) is 6.07. The summed E-state index contributed by atoms with van der Waals surface area (Å²) in [4.78, 5) is 18.4. The van der Waals surface area contributed by atoms with Crippen molar-refractivity contribution in [2.75, 3.05) is 67.5 Å². The van der Waals surface area contributed by atoms with Crippen LogP contribution in [0.5, 0.6) is 28.7 Å². The van der Waals surface area contributed by atoms with Gasteiger partial charge in [-0.1, -0.05) is 6.92 Å². The first-order chi connectivity index (χ1) is 18.4. The molecule has 1 saturated heterocycles. The van der Waals surface area contributed by atoms with E-state index in [2.05, 4.69) is 11.8 Å². The highest BCUT2D eigenvalue weighted by Gasteiger charge is 2.49. The summed E-state index contributed by atoms with van der Waals surface area (Å²) in [6, 6.07) is 7.28. The zero-order valence-electron chi connectivity index (χ0n) is 22.3. The van der Waals surface area contributed by atoms with Crippen LogP contribution in [0.15, 0.2) is 24.3 Å². The molecule has 1 amide bonds. The summed E-state index contributed by atoms with van der Waals surface area (Å²) in [5, 5.41) is 22.1. The summed E-state index contributed by atoms with van der Waals surface area (Å²) in [5.74, 6) is 0.353. The molecule has 0 saturated carbocycles. The minimum Gasteiger partial charge on any atom is -0.493 e. The molecule has 3 aliphatic rings. The Morgan fingerprint density at radius 3 is 2.08 bits per heavy atom. The molecule has 2 heterocycles. The van der Waals surface area contributed by atoms with E-state index in [1.807, 2.05) is 23.1 Å². The van der Waals surface area contributed by atoms with Gasteiger partial charge < -0.3 is 43.7 Å². The van der Waals surface area contributed by atoms with Gasteiger partial charge in [-0.25, -0.2) is 0 Å². The molecule has 2 N–H and O–H groups in total. The molecule has 2 aliphatic heterocycles. The molecule has 2 aromatic rings. The number of fused-ring (bicyclic) bond motifs is 2. The van der Waals surface area contributed by atoms with E-state index >= 15 is 0 Å². The maximum atomic E-state index is 14.3. The van der Waals surface area contributed by atoms with Crippen molar-refractivity contribution in [1.82, 2.24) is 9.80 Å². The zero-order valence-corrected chi connectivity index (χ0v) is 22.3. The third-order valence-corrected chi connectivity index (χ3v) is 8.13. The molecular weight excluding hydrogens is 492 g/mol. The number of ether oxygens (including phenoxy) is 5. The van der Waals surface area contributed by atoms with Crippen molar-refractivity contribution in [3.05, 3.63) is 41.0 Å². The molecule has 5 rings (SSSR count). The highest BCUT2D eigenvalue weighted by Crippen LogP contribution is 2.54. The van der Waals surface area contributed by atoms with Crippen LogP contribution in [0.2, 0.25) is 0 Å². The Kier molecular flexibility index (Phi) is 7.56. The summed E-state index contributed by atoms with van der Waals surface area (Å²) < 4.78 is 28.1. The van der Waals surface area contributed by atoms with Crippen LogP contribution in [0.4, 0.5) is 0 Å². The van der Waals surface area contributed by atoms with Gasteiger partial charge in [0.1, 0.15) is 0 Å². The van der Waals surface area contributed by atoms with Crippen LogP contribution in [0.1, 0.15) is 35.6 Å². The number of hydrogen-bond acceptors (Lipinski definition) is 9. The third kappa shape index (κ3) is 4.40. The molecule has 0 bridgehead atoms. The number of likely N-dealkylation sites (N-methyl/N-ethyl adjacent to an activating group) is 1. The van der Waals surface area contributed by atoms with E-state index in [9.17, 15) is 15.0 Å². The molecule has 0 radical (unpaired) electrons. The van der Waals surface area contributed by atoms with Crippen LogP contribution in [0.25, 0.3) is 0 Å². The Balaban J connectivity index is 1.68. The second-order valence-corrected chi connectivity index (χ2v) is 9.85. The summed E-state index contributed by atoms with van der Waals surface area (Å²) >= 11 is 0. The van der Waals surface area contributed by atoms with E-state index in [1.165, 1.54) is 7.11 Å². The molecule has 0 spiro atoms. The predicted octanol–water partition coefficient (Wildman–Crippen LogP) is 2.01. The largest absolute Gasteiger partial charge is 0.493 e. The van der Waals surface area contributed by atoms with E-state index in [0.717, 1.165) is 30.8 Å². The topological polar surface area (TPSA) is 110 Å². The highest BCUT2D eigenvalue weighted by molar-refractivity contribution is 5.82. The normalized spacial score (nSPS) is 24.6. The second-order valence-electron chi connectivity index (χ2n) is 9.85. The lowest BCUT2D eigenvalue weighted by molar-refractivity contribution is -0.143. The lowest BCUT2D eigenvalue weighted by Gasteiger charge is -2.44. The lowest BCUT2D eigenvalue weighted by Crippen LogP contribution is -2.53. The Bertz CT molecular complexity index is 1150. The molecule has 0 unspecified atom stereocenters. The number of rotatable bonds is 7. The maximum absolute atomic E-state index is 14.3. The van der Waals surface area contributed by atoms with Gasteiger partial charge in [0.25, 0.3) is 0 Å². The van der Waals surface area contributed by atoms with Gasteiger partial charge >= 0.3 is 0 Å². The number of aliphatic hydroxyl groups excluding tert-OH is 2. The van der Waals surface area contributed by atoms with Gasteiger partial charge in [-0.05, 0) is 47.5 Å². The Morgan fingerprint density at radius 1 is 0.947 bits per heavy atom. The van der Waals surface area contributed by atoms with Crippen LogP contribution in [-0.2, 0) is 4.79 Å². The molecule has 1 fully saturated rings. The maximum Gasteiger partial charge on any atom is 0.231 e. The van der Waals surface area contributed by atoms with E-state index in [4.69, 9.17) is 23.7 Å². The number of carbonyl (C=O) groups excluding carboxylic acids is 1. The Labute approximate surface area is 222 Å². The fourth-order valence-electron chi connectivity index (χ4n) is 6.07. The summed E-state index contributed by atoms with van der Waals surface area (Å²) in [6.07, 6.45) is -1.06. The zero-order chi connectivity index (χ0) is 27.0. The van der Waals surface area contributed by atoms with Gasteiger partial charge in [-0.3, -0.25) is 4.79 Å². The number of nitrogens with zero attached hydrogens (tertiary/aromatic N) is 2.